The predicted molar refractivity (Wildman–Crippen MR) is 81.5 cm³/mol. The minimum Gasteiger partial charge on any atom is -0.468 e. The van der Waals surface area contributed by atoms with Gasteiger partial charge < -0.3 is 24.3 Å². The Labute approximate surface area is 128 Å². The quantitative estimate of drug-likeness (QED) is 0.386. The van der Waals surface area contributed by atoms with Crippen molar-refractivity contribution in [3.05, 3.63) is 0 Å². The lowest BCUT2D eigenvalue weighted by atomic mass is 9.95. The summed E-state index contributed by atoms with van der Waals surface area (Å²) in [6.45, 7) is 7.65. The molecule has 0 saturated heterocycles. The maximum atomic E-state index is 11.8. The third-order valence-electron chi connectivity index (χ3n) is 3.22. The molecule has 0 saturated carbocycles. The van der Waals surface area contributed by atoms with Crippen LogP contribution in [0.4, 0.5) is 0 Å². The van der Waals surface area contributed by atoms with Crippen LogP contribution in [-0.4, -0.2) is 65.3 Å². The molecule has 0 fully saturated rings. The highest BCUT2D eigenvalue weighted by molar-refractivity contribution is 5.80. The van der Waals surface area contributed by atoms with Crippen LogP contribution in [0.5, 0.6) is 0 Å². The Morgan fingerprint density at radius 1 is 1.00 bits per heavy atom. The van der Waals surface area contributed by atoms with Gasteiger partial charge in [-0.25, -0.2) is 0 Å². The molecule has 0 aliphatic carbocycles. The van der Waals surface area contributed by atoms with Gasteiger partial charge in [-0.1, -0.05) is 6.92 Å². The van der Waals surface area contributed by atoms with E-state index >= 15 is 0 Å². The van der Waals surface area contributed by atoms with Gasteiger partial charge in [-0.2, -0.15) is 0 Å². The monoisotopic (exact) mass is 305 g/mol. The van der Waals surface area contributed by atoms with E-state index in [4.69, 9.17) is 18.9 Å². The number of likely N-dealkylation sites (N-methyl/N-ethyl adjacent to an activating group) is 1. The van der Waals surface area contributed by atoms with E-state index in [0.29, 0.717) is 33.0 Å². The minimum absolute atomic E-state index is 0.211. The number of esters is 1. The summed E-state index contributed by atoms with van der Waals surface area (Å²) in [4.78, 5) is 11.8. The number of ether oxygens (including phenoxy) is 4. The first-order valence-electron chi connectivity index (χ1n) is 7.58. The molecule has 1 atom stereocenters. The highest BCUT2D eigenvalue weighted by atomic mass is 16.5. The van der Waals surface area contributed by atoms with Gasteiger partial charge in [-0.05, 0) is 32.7 Å². The van der Waals surface area contributed by atoms with E-state index < -0.39 is 5.54 Å². The molecule has 0 spiro atoms. The van der Waals surface area contributed by atoms with Crippen molar-refractivity contribution in [1.82, 2.24) is 5.32 Å². The molecule has 0 aliphatic rings. The van der Waals surface area contributed by atoms with Gasteiger partial charge in [0, 0.05) is 13.7 Å². The summed E-state index contributed by atoms with van der Waals surface area (Å²) >= 11 is 0. The van der Waals surface area contributed by atoms with Gasteiger partial charge in [-0.15, -0.1) is 0 Å². The van der Waals surface area contributed by atoms with E-state index in [1.165, 1.54) is 7.11 Å². The summed E-state index contributed by atoms with van der Waals surface area (Å²) < 4.78 is 20.5. The normalized spacial score (nSPS) is 13.9. The molecule has 0 aromatic carbocycles. The average Bonchev–Trinajstić information content (AvgIpc) is 2.48. The number of rotatable bonds is 14. The molecule has 6 heteroatoms. The van der Waals surface area contributed by atoms with Gasteiger partial charge in [0.2, 0.25) is 0 Å². The number of hydrogen-bond donors (Lipinski definition) is 1. The average molecular weight is 305 g/mol. The topological polar surface area (TPSA) is 66.0 Å². The summed E-state index contributed by atoms with van der Waals surface area (Å²) in [5.74, 6) is -0.211. The lowest BCUT2D eigenvalue weighted by Gasteiger charge is -2.27. The molecule has 1 N–H and O–H groups in total. The third-order valence-corrected chi connectivity index (χ3v) is 3.22. The number of methoxy groups -OCH3 is 2. The first-order valence-corrected chi connectivity index (χ1v) is 7.58. The molecule has 0 radical (unpaired) electrons. The smallest absolute Gasteiger partial charge is 0.325 e. The lowest BCUT2D eigenvalue weighted by Crippen LogP contribution is -2.50. The number of unbranched alkanes of at least 4 members (excludes halogenated alkanes) is 1. The van der Waals surface area contributed by atoms with Crippen LogP contribution < -0.4 is 5.32 Å². The molecule has 1 unspecified atom stereocenters. The number of hydrogen-bond acceptors (Lipinski definition) is 6. The van der Waals surface area contributed by atoms with Crippen molar-refractivity contribution in [3.63, 3.8) is 0 Å². The molecule has 126 valence electrons. The summed E-state index contributed by atoms with van der Waals surface area (Å²) in [5.41, 5.74) is -0.604. The molecule has 0 bridgehead atoms. The SMILES string of the molecule is CCNC(C)(CCCCOCCOCCOC)C(=O)OC. The maximum absolute atomic E-state index is 11.8. The fraction of sp³-hybridized carbons (Fsp3) is 0.933. The fourth-order valence-corrected chi connectivity index (χ4v) is 2.02. The molecule has 0 aliphatic heterocycles. The van der Waals surface area contributed by atoms with Gasteiger partial charge >= 0.3 is 5.97 Å². The third kappa shape index (κ3) is 9.79. The molecular formula is C15H31NO5. The molecule has 0 heterocycles. The standard InChI is InChI=1S/C15H31NO5/c1-5-16-15(2,14(17)19-4)8-6-7-9-20-12-13-21-11-10-18-3/h16H,5-13H2,1-4H3. The van der Waals surface area contributed by atoms with Crippen molar-refractivity contribution in [2.24, 2.45) is 0 Å². The molecule has 0 aromatic heterocycles. The molecule has 0 rings (SSSR count). The zero-order valence-corrected chi connectivity index (χ0v) is 13.9. The molecular weight excluding hydrogens is 274 g/mol. The van der Waals surface area contributed by atoms with Crippen LogP contribution in [0.1, 0.15) is 33.1 Å². The highest BCUT2D eigenvalue weighted by Crippen LogP contribution is 2.15. The van der Waals surface area contributed by atoms with Crippen LogP contribution >= 0.6 is 0 Å². The Hall–Kier alpha value is -0.690. The lowest BCUT2D eigenvalue weighted by molar-refractivity contribution is -0.148. The summed E-state index contributed by atoms with van der Waals surface area (Å²) in [6, 6.07) is 0. The second-order valence-corrected chi connectivity index (χ2v) is 5.03. The Balaban J connectivity index is 3.61. The van der Waals surface area contributed by atoms with Crippen LogP contribution in [0, 0.1) is 0 Å². The van der Waals surface area contributed by atoms with Crippen LogP contribution in [0.3, 0.4) is 0 Å². The van der Waals surface area contributed by atoms with Gasteiger partial charge in [0.05, 0.1) is 33.5 Å². The Bertz CT molecular complexity index is 262. The van der Waals surface area contributed by atoms with E-state index in [2.05, 4.69) is 5.32 Å². The first kappa shape index (κ1) is 20.3. The largest absolute Gasteiger partial charge is 0.468 e. The predicted octanol–water partition coefficient (Wildman–Crippen LogP) is 1.38. The van der Waals surface area contributed by atoms with E-state index in [0.717, 1.165) is 25.8 Å². The van der Waals surface area contributed by atoms with Crippen molar-refractivity contribution in [3.8, 4) is 0 Å². The van der Waals surface area contributed by atoms with Crippen LogP contribution in [0.2, 0.25) is 0 Å². The van der Waals surface area contributed by atoms with Crippen LogP contribution in [0.25, 0.3) is 0 Å². The van der Waals surface area contributed by atoms with Crippen LogP contribution in [0.15, 0.2) is 0 Å². The second-order valence-electron chi connectivity index (χ2n) is 5.03. The Kier molecular flexibility index (Phi) is 12.6. The van der Waals surface area contributed by atoms with Gasteiger partial charge in [0.1, 0.15) is 5.54 Å². The van der Waals surface area contributed by atoms with Gasteiger partial charge in [0.15, 0.2) is 0 Å². The fourth-order valence-electron chi connectivity index (χ4n) is 2.02. The number of nitrogens with one attached hydrogen (secondary N) is 1. The molecule has 0 amide bonds. The summed E-state index contributed by atoms with van der Waals surface area (Å²) in [6.07, 6.45) is 2.56. The van der Waals surface area contributed by atoms with Crippen molar-refractivity contribution in [2.45, 2.75) is 38.6 Å². The molecule has 6 nitrogen and oxygen atoms in total. The second kappa shape index (κ2) is 13.0. The highest BCUT2D eigenvalue weighted by Gasteiger charge is 2.32. The zero-order chi connectivity index (χ0) is 16.0. The van der Waals surface area contributed by atoms with E-state index in [1.807, 2.05) is 13.8 Å². The van der Waals surface area contributed by atoms with Crippen molar-refractivity contribution in [1.29, 1.82) is 0 Å². The minimum atomic E-state index is -0.604. The van der Waals surface area contributed by atoms with Gasteiger partial charge in [0.25, 0.3) is 0 Å². The van der Waals surface area contributed by atoms with Crippen molar-refractivity contribution >= 4 is 5.97 Å². The number of carbonyl (C=O) groups is 1. The molecule has 21 heavy (non-hydrogen) atoms. The van der Waals surface area contributed by atoms with Crippen molar-refractivity contribution < 1.29 is 23.7 Å². The first-order chi connectivity index (χ1) is 10.1. The van der Waals surface area contributed by atoms with Gasteiger partial charge in [-0.3, -0.25) is 4.79 Å². The van der Waals surface area contributed by atoms with E-state index in [1.54, 1.807) is 7.11 Å². The summed E-state index contributed by atoms with van der Waals surface area (Å²) in [5, 5.41) is 3.19. The van der Waals surface area contributed by atoms with Crippen molar-refractivity contribution in [2.75, 3.05) is 53.8 Å². The zero-order valence-electron chi connectivity index (χ0n) is 13.9. The van der Waals surface area contributed by atoms with E-state index in [9.17, 15) is 4.79 Å². The molecule has 0 aromatic rings. The number of carbonyl (C=O) groups excluding carboxylic acids is 1. The summed E-state index contributed by atoms with van der Waals surface area (Å²) in [7, 11) is 3.07. The van der Waals surface area contributed by atoms with Crippen LogP contribution in [-0.2, 0) is 23.7 Å². The Morgan fingerprint density at radius 2 is 1.62 bits per heavy atom. The maximum Gasteiger partial charge on any atom is 0.325 e. The van der Waals surface area contributed by atoms with E-state index in [-0.39, 0.29) is 5.97 Å². The Morgan fingerprint density at radius 3 is 2.19 bits per heavy atom.